The number of hydrogen-bond acceptors (Lipinski definition) is 4. The number of methoxy groups -OCH3 is 1. The van der Waals surface area contributed by atoms with Gasteiger partial charge in [-0.15, -0.1) is 0 Å². The van der Waals surface area contributed by atoms with Crippen LogP contribution in [0.2, 0.25) is 5.02 Å². The number of pyridine rings is 1. The molecule has 138 valence electrons. The Labute approximate surface area is 158 Å². The molecule has 7 nitrogen and oxygen atoms in total. The predicted molar refractivity (Wildman–Crippen MR) is 101 cm³/mol. The van der Waals surface area contributed by atoms with E-state index in [0.29, 0.717) is 47.5 Å². The predicted octanol–water partition coefficient (Wildman–Crippen LogP) is 3.43. The second-order valence-electron chi connectivity index (χ2n) is 5.96. The number of aromatic amines is 1. The van der Waals surface area contributed by atoms with E-state index in [1.165, 1.54) is 0 Å². The van der Waals surface area contributed by atoms with Crippen LogP contribution in [0.3, 0.4) is 0 Å². The molecule has 1 amide bonds. The summed E-state index contributed by atoms with van der Waals surface area (Å²) in [5.41, 5.74) is 3.04. The molecule has 4 rings (SSSR count). The molecule has 0 atom stereocenters. The number of halogens is 2. The van der Waals surface area contributed by atoms with Gasteiger partial charge in [0.2, 0.25) is 6.41 Å². The molecule has 0 saturated carbocycles. The van der Waals surface area contributed by atoms with Crippen molar-refractivity contribution in [3.05, 3.63) is 47.0 Å². The first kappa shape index (κ1) is 17.4. The van der Waals surface area contributed by atoms with Crippen molar-refractivity contribution in [2.24, 2.45) is 0 Å². The van der Waals surface area contributed by atoms with Crippen LogP contribution in [0.1, 0.15) is 5.56 Å². The van der Waals surface area contributed by atoms with Crippen molar-refractivity contribution in [3.8, 4) is 11.1 Å². The SMILES string of the molecule is COCCc1c(F)c(Cl)c(-c2ccn3nc(NC=O)cc3c2)c2cn[nH]c12. The lowest BCUT2D eigenvalue weighted by Gasteiger charge is -2.12. The van der Waals surface area contributed by atoms with E-state index in [4.69, 9.17) is 16.3 Å². The summed E-state index contributed by atoms with van der Waals surface area (Å²) in [6.45, 7) is 0.370. The number of nitrogens with zero attached hydrogens (tertiary/aromatic N) is 3. The molecule has 2 N–H and O–H groups in total. The van der Waals surface area contributed by atoms with Gasteiger partial charge >= 0.3 is 0 Å². The molecule has 0 aliphatic carbocycles. The van der Waals surface area contributed by atoms with Crippen LogP contribution in [0.15, 0.2) is 30.6 Å². The number of anilines is 1. The van der Waals surface area contributed by atoms with Crippen LogP contribution in [0.25, 0.3) is 27.5 Å². The highest BCUT2D eigenvalue weighted by atomic mass is 35.5. The summed E-state index contributed by atoms with van der Waals surface area (Å²) in [7, 11) is 1.56. The van der Waals surface area contributed by atoms with Crippen molar-refractivity contribution in [2.75, 3.05) is 19.0 Å². The molecule has 0 spiro atoms. The lowest BCUT2D eigenvalue weighted by Crippen LogP contribution is -2.01. The van der Waals surface area contributed by atoms with Gasteiger partial charge in [0, 0.05) is 42.3 Å². The second kappa shape index (κ2) is 6.98. The number of fused-ring (bicyclic) bond motifs is 2. The molecular formula is C18H15ClFN5O2. The van der Waals surface area contributed by atoms with Gasteiger partial charge < -0.3 is 10.1 Å². The van der Waals surface area contributed by atoms with Gasteiger partial charge in [0.25, 0.3) is 0 Å². The fraction of sp³-hybridized carbons (Fsp3) is 0.167. The molecule has 0 aliphatic heterocycles. The average Bonchev–Trinajstić information content (AvgIpc) is 3.28. The number of hydrogen-bond donors (Lipinski definition) is 2. The molecule has 0 bridgehead atoms. The highest BCUT2D eigenvalue weighted by molar-refractivity contribution is 6.35. The average molecular weight is 388 g/mol. The third kappa shape index (κ3) is 2.92. The number of aromatic nitrogens is 4. The molecule has 0 radical (unpaired) electrons. The van der Waals surface area contributed by atoms with Gasteiger partial charge in [0.1, 0.15) is 5.82 Å². The van der Waals surface area contributed by atoms with Crippen molar-refractivity contribution < 1.29 is 13.9 Å². The van der Waals surface area contributed by atoms with Gasteiger partial charge in [0.05, 0.1) is 28.9 Å². The first-order chi connectivity index (χ1) is 13.1. The number of benzene rings is 1. The zero-order valence-electron chi connectivity index (χ0n) is 14.3. The van der Waals surface area contributed by atoms with Gasteiger partial charge in [-0.05, 0) is 17.7 Å². The maximum absolute atomic E-state index is 15.0. The van der Waals surface area contributed by atoms with Gasteiger partial charge in [-0.1, -0.05) is 11.6 Å². The fourth-order valence-corrected chi connectivity index (χ4v) is 3.50. The topological polar surface area (TPSA) is 84.3 Å². The van der Waals surface area contributed by atoms with Crippen LogP contribution in [-0.4, -0.2) is 39.9 Å². The highest BCUT2D eigenvalue weighted by Gasteiger charge is 2.21. The van der Waals surface area contributed by atoms with E-state index in [2.05, 4.69) is 20.6 Å². The minimum Gasteiger partial charge on any atom is -0.384 e. The van der Waals surface area contributed by atoms with E-state index >= 15 is 0 Å². The van der Waals surface area contributed by atoms with E-state index in [1.54, 1.807) is 36.2 Å². The molecule has 3 aromatic heterocycles. The standard InChI is InChI=1S/C18H15ClFN5O2/c1-27-5-3-12-17(20)16(19)15(13-8-22-23-18(12)13)10-2-4-25-11(6-10)7-14(24-25)21-9-26/h2,4,6-9H,3,5H2,1H3,(H,22,23)(H,21,24,26). The van der Waals surface area contributed by atoms with E-state index in [9.17, 15) is 9.18 Å². The summed E-state index contributed by atoms with van der Waals surface area (Å²) in [6, 6.07) is 5.32. The van der Waals surface area contributed by atoms with Gasteiger partial charge in [-0.3, -0.25) is 9.89 Å². The molecule has 9 heteroatoms. The Morgan fingerprint density at radius 2 is 2.30 bits per heavy atom. The molecule has 4 aromatic rings. The maximum Gasteiger partial charge on any atom is 0.212 e. The summed E-state index contributed by atoms with van der Waals surface area (Å²) in [4.78, 5) is 10.6. The van der Waals surface area contributed by atoms with Gasteiger partial charge in [-0.25, -0.2) is 8.91 Å². The van der Waals surface area contributed by atoms with Crippen molar-refractivity contribution in [1.82, 2.24) is 19.8 Å². The van der Waals surface area contributed by atoms with E-state index in [0.717, 1.165) is 10.9 Å². The Hall–Kier alpha value is -2.97. The van der Waals surface area contributed by atoms with Crippen molar-refractivity contribution in [3.63, 3.8) is 0 Å². The number of rotatable bonds is 6. The molecule has 0 aliphatic rings. The highest BCUT2D eigenvalue weighted by Crippen LogP contribution is 2.39. The quantitative estimate of drug-likeness (QED) is 0.496. The lowest BCUT2D eigenvalue weighted by atomic mass is 9.98. The van der Waals surface area contributed by atoms with E-state index in [-0.39, 0.29) is 5.02 Å². The number of nitrogens with one attached hydrogen (secondary N) is 2. The number of amides is 1. The van der Waals surface area contributed by atoms with Gasteiger partial charge in [-0.2, -0.15) is 10.2 Å². The van der Waals surface area contributed by atoms with Crippen LogP contribution in [-0.2, 0) is 16.0 Å². The summed E-state index contributed by atoms with van der Waals surface area (Å²) < 4.78 is 21.7. The normalized spacial score (nSPS) is 11.4. The van der Waals surface area contributed by atoms with Crippen molar-refractivity contribution in [2.45, 2.75) is 6.42 Å². The Morgan fingerprint density at radius 1 is 1.44 bits per heavy atom. The minimum atomic E-state index is -0.489. The smallest absolute Gasteiger partial charge is 0.212 e. The Bertz CT molecular complexity index is 1150. The van der Waals surface area contributed by atoms with E-state index < -0.39 is 5.82 Å². The lowest BCUT2D eigenvalue weighted by molar-refractivity contribution is -0.105. The molecule has 27 heavy (non-hydrogen) atoms. The first-order valence-electron chi connectivity index (χ1n) is 8.16. The first-order valence-corrected chi connectivity index (χ1v) is 8.53. The van der Waals surface area contributed by atoms with Crippen LogP contribution in [0.4, 0.5) is 10.2 Å². The fourth-order valence-electron chi connectivity index (χ4n) is 3.18. The zero-order chi connectivity index (χ0) is 19.0. The Balaban J connectivity index is 1.91. The number of carbonyl (C=O) groups excluding carboxylic acids is 1. The van der Waals surface area contributed by atoms with Crippen LogP contribution in [0.5, 0.6) is 0 Å². The molecule has 0 saturated heterocycles. The summed E-state index contributed by atoms with van der Waals surface area (Å²) >= 11 is 6.42. The monoisotopic (exact) mass is 387 g/mol. The van der Waals surface area contributed by atoms with Crippen molar-refractivity contribution >= 4 is 40.2 Å². The molecule has 1 aromatic carbocycles. The molecule has 0 fully saturated rings. The number of H-pyrrole nitrogens is 1. The summed E-state index contributed by atoms with van der Waals surface area (Å²) in [6.07, 6.45) is 4.29. The summed E-state index contributed by atoms with van der Waals surface area (Å²) in [5.74, 6) is -0.0695. The zero-order valence-corrected chi connectivity index (χ0v) is 15.0. The van der Waals surface area contributed by atoms with Crippen LogP contribution < -0.4 is 5.32 Å². The van der Waals surface area contributed by atoms with Crippen LogP contribution >= 0.6 is 11.6 Å². The second-order valence-corrected chi connectivity index (χ2v) is 6.34. The van der Waals surface area contributed by atoms with Gasteiger partial charge in [0.15, 0.2) is 5.82 Å². The Morgan fingerprint density at radius 3 is 3.07 bits per heavy atom. The van der Waals surface area contributed by atoms with Crippen molar-refractivity contribution in [1.29, 1.82) is 0 Å². The molecular weight excluding hydrogens is 373 g/mol. The van der Waals surface area contributed by atoms with E-state index in [1.807, 2.05) is 6.07 Å². The third-order valence-electron chi connectivity index (χ3n) is 4.40. The number of ether oxygens (including phenoxy) is 1. The summed E-state index contributed by atoms with van der Waals surface area (Å²) in [5, 5.41) is 14.4. The maximum atomic E-state index is 15.0. The largest absolute Gasteiger partial charge is 0.384 e. The van der Waals surface area contributed by atoms with Crippen LogP contribution in [0, 0.1) is 5.82 Å². The molecule has 0 unspecified atom stereocenters. The number of carbonyl (C=O) groups is 1. The molecule has 3 heterocycles. The Kier molecular flexibility index (Phi) is 4.51. The third-order valence-corrected chi connectivity index (χ3v) is 4.76. The minimum absolute atomic E-state index is 0.0325.